The summed E-state index contributed by atoms with van der Waals surface area (Å²) >= 11 is 0. The van der Waals surface area contributed by atoms with E-state index in [4.69, 9.17) is 4.52 Å². The first-order valence-corrected chi connectivity index (χ1v) is 9.09. The zero-order valence-corrected chi connectivity index (χ0v) is 14.2. The summed E-state index contributed by atoms with van der Waals surface area (Å²) in [5, 5.41) is 3.99. The predicted molar refractivity (Wildman–Crippen MR) is 90.2 cm³/mol. The zero-order chi connectivity index (χ0) is 17.2. The standard InChI is InChI=1S/C19H22FN3O2/c20-16-9-3-7-14(11-16)17-21-18(25-22-17)15-8-4-10-23(12-15)19(24)13-5-1-2-6-13/h3,7,9,11,13,15H,1-2,4-6,8,10,12H2/t15-/m1/s1. The fourth-order valence-electron chi connectivity index (χ4n) is 3.96. The van der Waals surface area contributed by atoms with Gasteiger partial charge in [-0.15, -0.1) is 0 Å². The van der Waals surface area contributed by atoms with E-state index in [2.05, 4.69) is 10.1 Å². The van der Waals surface area contributed by atoms with E-state index in [1.165, 1.54) is 12.1 Å². The van der Waals surface area contributed by atoms with Crippen LogP contribution in [0.15, 0.2) is 28.8 Å². The molecule has 1 aromatic heterocycles. The van der Waals surface area contributed by atoms with Crippen molar-refractivity contribution in [3.05, 3.63) is 36.0 Å². The Morgan fingerprint density at radius 2 is 2.04 bits per heavy atom. The fraction of sp³-hybridized carbons (Fsp3) is 0.526. The van der Waals surface area contributed by atoms with Gasteiger partial charge in [-0.1, -0.05) is 30.1 Å². The van der Waals surface area contributed by atoms with Gasteiger partial charge in [-0.25, -0.2) is 4.39 Å². The largest absolute Gasteiger partial charge is 0.342 e. The van der Waals surface area contributed by atoms with Crippen LogP contribution in [-0.4, -0.2) is 34.0 Å². The number of rotatable bonds is 3. The maximum absolute atomic E-state index is 13.4. The van der Waals surface area contributed by atoms with Gasteiger partial charge < -0.3 is 9.42 Å². The van der Waals surface area contributed by atoms with Gasteiger partial charge in [-0.05, 0) is 37.8 Å². The van der Waals surface area contributed by atoms with Crippen LogP contribution in [0.25, 0.3) is 11.4 Å². The fourth-order valence-corrected chi connectivity index (χ4v) is 3.96. The van der Waals surface area contributed by atoms with E-state index >= 15 is 0 Å². The number of halogens is 1. The minimum Gasteiger partial charge on any atom is -0.342 e. The molecule has 132 valence electrons. The first-order valence-electron chi connectivity index (χ1n) is 9.09. The third kappa shape index (κ3) is 3.43. The van der Waals surface area contributed by atoms with E-state index in [0.717, 1.165) is 45.1 Å². The lowest BCUT2D eigenvalue weighted by atomic mass is 9.96. The number of carbonyl (C=O) groups excluding carboxylic acids is 1. The van der Waals surface area contributed by atoms with Crippen molar-refractivity contribution < 1.29 is 13.7 Å². The van der Waals surface area contributed by atoms with Crippen molar-refractivity contribution in [2.75, 3.05) is 13.1 Å². The third-order valence-electron chi connectivity index (χ3n) is 5.31. The zero-order valence-electron chi connectivity index (χ0n) is 14.2. The molecule has 6 heteroatoms. The van der Waals surface area contributed by atoms with Gasteiger partial charge in [-0.2, -0.15) is 4.98 Å². The molecule has 0 unspecified atom stereocenters. The molecule has 1 atom stereocenters. The summed E-state index contributed by atoms with van der Waals surface area (Å²) in [4.78, 5) is 19.1. The number of piperidine rings is 1. The molecule has 2 fully saturated rings. The summed E-state index contributed by atoms with van der Waals surface area (Å²) in [6.45, 7) is 1.46. The highest BCUT2D eigenvalue weighted by molar-refractivity contribution is 5.79. The van der Waals surface area contributed by atoms with Crippen LogP contribution in [0.5, 0.6) is 0 Å². The second-order valence-electron chi connectivity index (χ2n) is 7.07. The van der Waals surface area contributed by atoms with Gasteiger partial charge in [0.15, 0.2) is 0 Å². The predicted octanol–water partition coefficient (Wildman–Crippen LogP) is 3.77. The van der Waals surface area contributed by atoms with Crippen molar-refractivity contribution in [3.8, 4) is 11.4 Å². The summed E-state index contributed by atoms with van der Waals surface area (Å²) < 4.78 is 18.8. The molecule has 1 aliphatic heterocycles. The lowest BCUT2D eigenvalue weighted by molar-refractivity contribution is -0.136. The summed E-state index contributed by atoms with van der Waals surface area (Å²) in [7, 11) is 0. The molecular weight excluding hydrogens is 321 g/mol. The molecule has 0 N–H and O–H groups in total. The molecule has 1 saturated carbocycles. The Morgan fingerprint density at radius 3 is 2.84 bits per heavy atom. The van der Waals surface area contributed by atoms with E-state index < -0.39 is 0 Å². The van der Waals surface area contributed by atoms with Crippen LogP contribution in [0.1, 0.15) is 50.3 Å². The highest BCUT2D eigenvalue weighted by Crippen LogP contribution is 2.31. The Kier molecular flexibility index (Phi) is 4.51. The van der Waals surface area contributed by atoms with Gasteiger partial charge >= 0.3 is 0 Å². The van der Waals surface area contributed by atoms with Crippen molar-refractivity contribution in [1.29, 1.82) is 0 Å². The Hall–Kier alpha value is -2.24. The van der Waals surface area contributed by atoms with Crippen molar-refractivity contribution in [2.24, 2.45) is 5.92 Å². The van der Waals surface area contributed by atoms with Crippen molar-refractivity contribution in [1.82, 2.24) is 15.0 Å². The number of nitrogens with zero attached hydrogens (tertiary/aromatic N) is 3. The van der Waals surface area contributed by atoms with E-state index in [1.54, 1.807) is 12.1 Å². The molecule has 2 heterocycles. The van der Waals surface area contributed by atoms with Crippen molar-refractivity contribution in [2.45, 2.75) is 44.4 Å². The minimum atomic E-state index is -0.324. The normalized spacial score (nSPS) is 21.6. The molecule has 0 radical (unpaired) electrons. The van der Waals surface area contributed by atoms with Gasteiger partial charge in [0, 0.05) is 24.6 Å². The Balaban J connectivity index is 1.47. The van der Waals surface area contributed by atoms with E-state index in [9.17, 15) is 9.18 Å². The first kappa shape index (κ1) is 16.2. The molecule has 1 saturated heterocycles. The first-order chi connectivity index (χ1) is 12.2. The smallest absolute Gasteiger partial charge is 0.231 e. The van der Waals surface area contributed by atoms with Crippen LogP contribution in [0.4, 0.5) is 4.39 Å². The summed E-state index contributed by atoms with van der Waals surface area (Å²) in [5.74, 6) is 1.16. The number of hydrogen-bond donors (Lipinski definition) is 0. The molecule has 1 aliphatic carbocycles. The minimum absolute atomic E-state index is 0.0638. The van der Waals surface area contributed by atoms with E-state index in [-0.39, 0.29) is 23.6 Å². The Morgan fingerprint density at radius 1 is 1.20 bits per heavy atom. The lowest BCUT2D eigenvalue weighted by Gasteiger charge is -2.32. The maximum Gasteiger partial charge on any atom is 0.231 e. The topological polar surface area (TPSA) is 59.2 Å². The van der Waals surface area contributed by atoms with Gasteiger partial charge in [-0.3, -0.25) is 4.79 Å². The molecular formula is C19H22FN3O2. The number of aromatic nitrogens is 2. The molecule has 1 amide bonds. The molecule has 0 bridgehead atoms. The van der Waals surface area contributed by atoms with Crippen LogP contribution in [-0.2, 0) is 4.79 Å². The highest BCUT2D eigenvalue weighted by atomic mass is 19.1. The van der Waals surface area contributed by atoms with E-state index in [1.807, 2.05) is 4.90 Å². The number of likely N-dealkylation sites (tertiary alicyclic amines) is 1. The van der Waals surface area contributed by atoms with Crippen LogP contribution in [0.2, 0.25) is 0 Å². The number of benzene rings is 1. The molecule has 1 aromatic carbocycles. The Bertz CT molecular complexity index is 755. The van der Waals surface area contributed by atoms with Gasteiger partial charge in [0.1, 0.15) is 5.82 Å². The molecule has 2 aromatic rings. The van der Waals surface area contributed by atoms with Gasteiger partial charge in [0.05, 0.1) is 5.92 Å². The van der Waals surface area contributed by atoms with Crippen molar-refractivity contribution in [3.63, 3.8) is 0 Å². The molecule has 0 spiro atoms. The van der Waals surface area contributed by atoms with Gasteiger partial charge in [0.25, 0.3) is 0 Å². The SMILES string of the molecule is O=C(C1CCCC1)N1CCC[C@@H](c2nc(-c3cccc(F)c3)no2)C1. The van der Waals surface area contributed by atoms with Crippen LogP contribution in [0, 0.1) is 11.7 Å². The number of carbonyl (C=O) groups is 1. The lowest BCUT2D eigenvalue weighted by Crippen LogP contribution is -2.41. The monoisotopic (exact) mass is 343 g/mol. The van der Waals surface area contributed by atoms with E-state index in [0.29, 0.717) is 23.8 Å². The second-order valence-corrected chi connectivity index (χ2v) is 7.07. The average molecular weight is 343 g/mol. The second kappa shape index (κ2) is 6.94. The molecule has 25 heavy (non-hydrogen) atoms. The van der Waals surface area contributed by atoms with Crippen LogP contribution in [0.3, 0.4) is 0 Å². The highest BCUT2D eigenvalue weighted by Gasteiger charge is 2.33. The summed E-state index contributed by atoms with van der Waals surface area (Å²) in [5.41, 5.74) is 0.602. The summed E-state index contributed by atoms with van der Waals surface area (Å²) in [6.07, 6.45) is 6.23. The van der Waals surface area contributed by atoms with Crippen LogP contribution < -0.4 is 0 Å². The number of hydrogen-bond acceptors (Lipinski definition) is 4. The molecule has 5 nitrogen and oxygen atoms in total. The third-order valence-corrected chi connectivity index (χ3v) is 5.31. The number of amides is 1. The van der Waals surface area contributed by atoms with Crippen molar-refractivity contribution >= 4 is 5.91 Å². The average Bonchev–Trinajstić information content (AvgIpc) is 3.33. The molecule has 4 rings (SSSR count). The van der Waals surface area contributed by atoms with Crippen LogP contribution >= 0.6 is 0 Å². The summed E-state index contributed by atoms with van der Waals surface area (Å²) in [6, 6.07) is 6.17. The quantitative estimate of drug-likeness (QED) is 0.851. The Labute approximate surface area is 146 Å². The van der Waals surface area contributed by atoms with Gasteiger partial charge in [0.2, 0.25) is 17.6 Å². The maximum atomic E-state index is 13.4. The molecule has 2 aliphatic rings.